The lowest BCUT2D eigenvalue weighted by Gasteiger charge is -2.09. The van der Waals surface area contributed by atoms with Crippen molar-refractivity contribution in [3.63, 3.8) is 0 Å². The maximum Gasteiger partial charge on any atom is 0.0947 e. The molecule has 0 bridgehead atoms. The lowest BCUT2D eigenvalue weighted by atomic mass is 10.2. The zero-order valence-electron chi connectivity index (χ0n) is 7.66. The van der Waals surface area contributed by atoms with Crippen molar-refractivity contribution in [3.05, 3.63) is 24.2 Å². The molecule has 0 unspecified atom stereocenters. The van der Waals surface area contributed by atoms with Gasteiger partial charge < -0.3 is 9.73 Å². The lowest BCUT2D eigenvalue weighted by molar-refractivity contribution is 0.516. The van der Waals surface area contributed by atoms with Gasteiger partial charge >= 0.3 is 0 Å². The zero-order chi connectivity index (χ0) is 8.23. The number of hydrogen-bond acceptors (Lipinski definition) is 2. The molecule has 0 aromatic carbocycles. The number of hydrogen-bond donors (Lipinski definition) is 1. The normalized spacial score (nSPS) is 17.2. The van der Waals surface area contributed by atoms with Gasteiger partial charge in [0, 0.05) is 18.2 Å². The second-order valence-electron chi connectivity index (χ2n) is 3.49. The third-order valence-electron chi connectivity index (χ3n) is 2.53. The van der Waals surface area contributed by atoms with Gasteiger partial charge in [0.25, 0.3) is 0 Å². The van der Waals surface area contributed by atoms with Crippen molar-refractivity contribution in [1.29, 1.82) is 0 Å². The van der Waals surface area contributed by atoms with Crippen LogP contribution in [0.4, 0.5) is 0 Å². The van der Waals surface area contributed by atoms with Gasteiger partial charge in [-0.15, -0.1) is 12.4 Å². The molecule has 1 N–H and O–H groups in total. The van der Waals surface area contributed by atoms with Gasteiger partial charge in [0.1, 0.15) is 0 Å². The molecule has 0 radical (unpaired) electrons. The van der Waals surface area contributed by atoms with Crippen LogP contribution in [-0.4, -0.2) is 6.04 Å². The summed E-state index contributed by atoms with van der Waals surface area (Å²) in [5.41, 5.74) is 1.25. The quantitative estimate of drug-likeness (QED) is 0.814. The van der Waals surface area contributed by atoms with Gasteiger partial charge in [-0.05, 0) is 18.9 Å². The Hall–Kier alpha value is -0.470. The van der Waals surface area contributed by atoms with E-state index in [0.29, 0.717) is 0 Å². The Morgan fingerprint density at radius 1 is 1.38 bits per heavy atom. The number of nitrogens with one attached hydrogen (secondary N) is 1. The van der Waals surface area contributed by atoms with E-state index >= 15 is 0 Å². The molecule has 0 saturated heterocycles. The van der Waals surface area contributed by atoms with Crippen molar-refractivity contribution >= 4 is 12.4 Å². The first-order valence-corrected chi connectivity index (χ1v) is 4.69. The van der Waals surface area contributed by atoms with Crippen LogP contribution in [0.5, 0.6) is 0 Å². The topological polar surface area (TPSA) is 25.2 Å². The summed E-state index contributed by atoms with van der Waals surface area (Å²) in [4.78, 5) is 0. The standard InChI is InChI=1S/C10H15NO.ClH/c1-2-4-10(3-1)11-7-9-5-6-12-8-9;/h5-6,8,10-11H,1-4,7H2;1H. The summed E-state index contributed by atoms with van der Waals surface area (Å²) in [6, 6.07) is 2.77. The van der Waals surface area contributed by atoms with E-state index in [4.69, 9.17) is 4.42 Å². The van der Waals surface area contributed by atoms with Crippen LogP contribution >= 0.6 is 12.4 Å². The molecule has 1 aliphatic carbocycles. The Labute approximate surface area is 85.1 Å². The second-order valence-corrected chi connectivity index (χ2v) is 3.49. The maximum atomic E-state index is 4.99. The molecule has 1 aromatic heterocycles. The van der Waals surface area contributed by atoms with Crippen molar-refractivity contribution in [2.24, 2.45) is 0 Å². The number of rotatable bonds is 3. The largest absolute Gasteiger partial charge is 0.472 e. The summed E-state index contributed by atoms with van der Waals surface area (Å²) >= 11 is 0. The lowest BCUT2D eigenvalue weighted by Crippen LogP contribution is -2.24. The van der Waals surface area contributed by atoms with Gasteiger partial charge in [0.2, 0.25) is 0 Å². The average Bonchev–Trinajstić information content (AvgIpc) is 2.74. The highest BCUT2D eigenvalue weighted by molar-refractivity contribution is 5.85. The Bertz CT molecular complexity index is 217. The van der Waals surface area contributed by atoms with E-state index in [1.807, 2.05) is 12.3 Å². The van der Waals surface area contributed by atoms with E-state index in [0.717, 1.165) is 12.6 Å². The van der Waals surface area contributed by atoms with E-state index < -0.39 is 0 Å². The van der Waals surface area contributed by atoms with Crippen LogP contribution in [0.1, 0.15) is 31.2 Å². The van der Waals surface area contributed by atoms with Crippen molar-refractivity contribution < 1.29 is 4.42 Å². The van der Waals surface area contributed by atoms with Crippen LogP contribution in [0, 0.1) is 0 Å². The predicted octanol–water partition coefficient (Wildman–Crippen LogP) is 2.73. The maximum absolute atomic E-state index is 4.99. The smallest absolute Gasteiger partial charge is 0.0947 e. The monoisotopic (exact) mass is 201 g/mol. The number of furan rings is 1. The molecule has 1 aliphatic rings. The molecule has 2 rings (SSSR count). The van der Waals surface area contributed by atoms with Gasteiger partial charge in [-0.1, -0.05) is 12.8 Å². The molecule has 1 saturated carbocycles. The van der Waals surface area contributed by atoms with Gasteiger partial charge in [0.15, 0.2) is 0 Å². The first-order chi connectivity index (χ1) is 5.95. The molecule has 0 atom stereocenters. The third kappa shape index (κ3) is 3.05. The second kappa shape index (κ2) is 5.30. The average molecular weight is 202 g/mol. The Kier molecular flexibility index (Phi) is 4.33. The molecule has 0 aliphatic heterocycles. The van der Waals surface area contributed by atoms with Gasteiger partial charge in [0.05, 0.1) is 12.5 Å². The molecule has 0 amide bonds. The SMILES string of the molecule is Cl.c1cc(CNC2CCCC2)co1. The molecule has 2 nitrogen and oxygen atoms in total. The summed E-state index contributed by atoms with van der Waals surface area (Å²) < 4.78 is 4.99. The molecule has 13 heavy (non-hydrogen) atoms. The molecule has 1 heterocycles. The summed E-state index contributed by atoms with van der Waals surface area (Å²) in [6.07, 6.45) is 9.01. The molecule has 0 spiro atoms. The summed E-state index contributed by atoms with van der Waals surface area (Å²) in [5, 5.41) is 3.52. The van der Waals surface area contributed by atoms with Gasteiger partial charge in [-0.3, -0.25) is 0 Å². The van der Waals surface area contributed by atoms with Crippen LogP contribution < -0.4 is 5.32 Å². The summed E-state index contributed by atoms with van der Waals surface area (Å²) in [5.74, 6) is 0. The first-order valence-electron chi connectivity index (χ1n) is 4.69. The molecule has 74 valence electrons. The summed E-state index contributed by atoms with van der Waals surface area (Å²) in [6.45, 7) is 0.959. The third-order valence-corrected chi connectivity index (χ3v) is 2.53. The molecular weight excluding hydrogens is 186 g/mol. The van der Waals surface area contributed by atoms with Crippen LogP contribution in [0.15, 0.2) is 23.0 Å². The van der Waals surface area contributed by atoms with E-state index in [2.05, 4.69) is 5.32 Å². The fourth-order valence-corrected chi connectivity index (χ4v) is 1.79. The molecule has 3 heteroatoms. The minimum Gasteiger partial charge on any atom is -0.472 e. The van der Waals surface area contributed by atoms with E-state index in [1.54, 1.807) is 6.26 Å². The molecule has 1 aromatic rings. The highest BCUT2D eigenvalue weighted by atomic mass is 35.5. The van der Waals surface area contributed by atoms with Crippen molar-refractivity contribution in [2.75, 3.05) is 0 Å². The van der Waals surface area contributed by atoms with Gasteiger partial charge in [-0.2, -0.15) is 0 Å². The van der Waals surface area contributed by atoms with Crippen LogP contribution in [0.2, 0.25) is 0 Å². The van der Waals surface area contributed by atoms with Crippen LogP contribution in [0.25, 0.3) is 0 Å². The Morgan fingerprint density at radius 3 is 2.77 bits per heavy atom. The van der Waals surface area contributed by atoms with Crippen molar-refractivity contribution in [3.8, 4) is 0 Å². The minimum absolute atomic E-state index is 0. The van der Waals surface area contributed by atoms with E-state index in [9.17, 15) is 0 Å². The Morgan fingerprint density at radius 2 is 2.15 bits per heavy atom. The van der Waals surface area contributed by atoms with Crippen LogP contribution in [0.3, 0.4) is 0 Å². The highest BCUT2D eigenvalue weighted by Crippen LogP contribution is 2.17. The molecular formula is C10H16ClNO. The fraction of sp³-hybridized carbons (Fsp3) is 0.600. The van der Waals surface area contributed by atoms with E-state index in [1.165, 1.54) is 31.2 Å². The van der Waals surface area contributed by atoms with Crippen LogP contribution in [-0.2, 0) is 6.54 Å². The van der Waals surface area contributed by atoms with E-state index in [-0.39, 0.29) is 12.4 Å². The summed E-state index contributed by atoms with van der Waals surface area (Å²) in [7, 11) is 0. The minimum atomic E-state index is 0. The van der Waals surface area contributed by atoms with Gasteiger partial charge in [-0.25, -0.2) is 0 Å². The number of halogens is 1. The predicted molar refractivity (Wildman–Crippen MR) is 55.1 cm³/mol. The van der Waals surface area contributed by atoms with Crippen molar-refractivity contribution in [1.82, 2.24) is 5.32 Å². The Balaban J connectivity index is 0.000000845. The van der Waals surface area contributed by atoms with Crippen molar-refractivity contribution in [2.45, 2.75) is 38.3 Å². The first kappa shape index (κ1) is 10.6. The molecule has 1 fully saturated rings. The highest BCUT2D eigenvalue weighted by Gasteiger charge is 2.13. The fourth-order valence-electron chi connectivity index (χ4n) is 1.79. The zero-order valence-corrected chi connectivity index (χ0v) is 8.48.